The maximum Gasteiger partial charge on any atom is 0.142 e. The maximum absolute atomic E-state index is 9.50. The van der Waals surface area contributed by atoms with E-state index in [4.69, 9.17) is 11.5 Å². The lowest BCUT2D eigenvalue weighted by atomic mass is 10.1. The molecular formula is C8H10I2N2O. The van der Waals surface area contributed by atoms with Crippen molar-refractivity contribution >= 4 is 45.2 Å². The molecule has 0 saturated carbocycles. The number of hydrogen-bond donors (Lipinski definition) is 3. The summed E-state index contributed by atoms with van der Waals surface area (Å²) < 4.78 is 1.62. The van der Waals surface area contributed by atoms with Crippen LogP contribution in [0.2, 0.25) is 0 Å². The van der Waals surface area contributed by atoms with Gasteiger partial charge in [-0.15, -0.1) is 0 Å². The molecule has 1 aromatic carbocycles. The van der Waals surface area contributed by atoms with Crippen molar-refractivity contribution in [2.45, 2.75) is 6.04 Å². The van der Waals surface area contributed by atoms with Crippen LogP contribution in [0.4, 0.5) is 0 Å². The Bertz CT molecular complexity index is 294. The first-order valence-corrected chi connectivity index (χ1v) is 5.85. The predicted octanol–water partition coefficient (Wildman–Crippen LogP) is 1.56. The van der Waals surface area contributed by atoms with Crippen LogP contribution in [-0.4, -0.2) is 11.7 Å². The highest BCUT2D eigenvalue weighted by Crippen LogP contribution is 2.28. The van der Waals surface area contributed by atoms with Gasteiger partial charge < -0.3 is 16.6 Å². The molecule has 5 heteroatoms. The van der Waals surface area contributed by atoms with E-state index in [0.717, 1.165) is 12.7 Å². The molecule has 1 rings (SSSR count). The van der Waals surface area contributed by atoms with Crippen molar-refractivity contribution < 1.29 is 5.11 Å². The van der Waals surface area contributed by atoms with Gasteiger partial charge in [-0.25, -0.2) is 0 Å². The van der Waals surface area contributed by atoms with Crippen LogP contribution in [0.25, 0.3) is 0 Å². The van der Waals surface area contributed by atoms with Crippen LogP contribution in [-0.2, 0) is 0 Å². The first kappa shape index (κ1) is 11.5. The fraction of sp³-hybridized carbons (Fsp3) is 0.250. The number of aromatic hydroxyl groups is 1. The second-order valence-corrected chi connectivity index (χ2v) is 5.00. The zero-order valence-corrected chi connectivity index (χ0v) is 11.1. The average molecular weight is 404 g/mol. The van der Waals surface area contributed by atoms with E-state index >= 15 is 0 Å². The highest BCUT2D eigenvalue weighted by molar-refractivity contribution is 14.1. The Morgan fingerprint density at radius 1 is 1.31 bits per heavy atom. The van der Waals surface area contributed by atoms with Crippen LogP contribution in [0.3, 0.4) is 0 Å². The molecule has 3 nitrogen and oxygen atoms in total. The van der Waals surface area contributed by atoms with Crippen molar-refractivity contribution in [1.29, 1.82) is 0 Å². The Hall–Kier alpha value is 0.400. The zero-order valence-electron chi connectivity index (χ0n) is 6.80. The van der Waals surface area contributed by atoms with Gasteiger partial charge in [-0.3, -0.25) is 0 Å². The summed E-state index contributed by atoms with van der Waals surface area (Å²) in [5.41, 5.74) is 12.2. The second-order valence-electron chi connectivity index (χ2n) is 2.68. The van der Waals surface area contributed by atoms with Crippen LogP contribution in [0.5, 0.6) is 5.75 Å². The Labute approximate surface area is 104 Å². The molecule has 0 aliphatic rings. The largest absolute Gasteiger partial charge is 0.506 e. The molecule has 0 aromatic heterocycles. The number of hydrogen-bond acceptors (Lipinski definition) is 3. The molecule has 13 heavy (non-hydrogen) atoms. The fourth-order valence-corrected chi connectivity index (χ4v) is 2.75. The van der Waals surface area contributed by atoms with Crippen LogP contribution in [0.15, 0.2) is 12.1 Å². The van der Waals surface area contributed by atoms with E-state index in [0.29, 0.717) is 12.3 Å². The van der Waals surface area contributed by atoms with Crippen molar-refractivity contribution in [1.82, 2.24) is 0 Å². The van der Waals surface area contributed by atoms with Gasteiger partial charge >= 0.3 is 0 Å². The van der Waals surface area contributed by atoms with E-state index in [1.54, 1.807) is 0 Å². The molecule has 0 aliphatic carbocycles. The lowest BCUT2D eigenvalue weighted by molar-refractivity contribution is 0.467. The lowest BCUT2D eigenvalue weighted by Gasteiger charge is -2.11. The third kappa shape index (κ3) is 2.67. The second kappa shape index (κ2) is 4.76. The number of benzene rings is 1. The maximum atomic E-state index is 9.50. The number of rotatable bonds is 2. The van der Waals surface area contributed by atoms with Crippen molar-refractivity contribution in [2.75, 3.05) is 6.54 Å². The van der Waals surface area contributed by atoms with Crippen LogP contribution < -0.4 is 11.5 Å². The molecule has 0 radical (unpaired) electrons. The van der Waals surface area contributed by atoms with E-state index in [1.807, 2.05) is 12.1 Å². The molecule has 0 saturated heterocycles. The first-order valence-electron chi connectivity index (χ1n) is 3.69. The number of phenols is 1. The molecule has 1 aromatic rings. The van der Waals surface area contributed by atoms with Gasteiger partial charge in [-0.1, -0.05) is 0 Å². The van der Waals surface area contributed by atoms with Crippen molar-refractivity contribution in [3.05, 3.63) is 24.8 Å². The molecule has 0 fully saturated rings. The van der Waals surface area contributed by atoms with Gasteiger partial charge in [-0.2, -0.15) is 0 Å². The molecule has 0 bridgehead atoms. The van der Waals surface area contributed by atoms with Gasteiger partial charge in [0, 0.05) is 12.6 Å². The van der Waals surface area contributed by atoms with Gasteiger partial charge in [0.25, 0.3) is 0 Å². The minimum absolute atomic E-state index is 0.150. The molecule has 0 heterocycles. The summed E-state index contributed by atoms with van der Waals surface area (Å²) >= 11 is 4.15. The topological polar surface area (TPSA) is 72.3 Å². The van der Waals surface area contributed by atoms with E-state index in [9.17, 15) is 5.11 Å². The molecule has 1 unspecified atom stereocenters. The molecule has 0 spiro atoms. The molecule has 72 valence electrons. The minimum Gasteiger partial charge on any atom is -0.506 e. The van der Waals surface area contributed by atoms with Crippen molar-refractivity contribution in [2.24, 2.45) is 11.5 Å². The van der Waals surface area contributed by atoms with Gasteiger partial charge in [0.15, 0.2) is 0 Å². The van der Waals surface area contributed by atoms with Crippen molar-refractivity contribution in [3.63, 3.8) is 0 Å². The Kier molecular flexibility index (Phi) is 4.20. The SMILES string of the molecule is NCC(N)c1cc(I)c(O)c(I)c1. The van der Waals surface area contributed by atoms with Gasteiger partial charge in [0.05, 0.1) is 7.14 Å². The molecule has 1 atom stereocenters. The highest BCUT2D eigenvalue weighted by atomic mass is 127. The number of halogens is 2. The predicted molar refractivity (Wildman–Crippen MR) is 69.5 cm³/mol. The summed E-state index contributed by atoms with van der Waals surface area (Å²) in [5, 5.41) is 9.50. The molecule has 0 aliphatic heterocycles. The highest BCUT2D eigenvalue weighted by Gasteiger charge is 2.09. The van der Waals surface area contributed by atoms with E-state index in [1.165, 1.54) is 0 Å². The summed E-state index contributed by atoms with van der Waals surface area (Å²) in [6.45, 7) is 0.414. The Morgan fingerprint density at radius 3 is 2.15 bits per heavy atom. The van der Waals surface area contributed by atoms with E-state index < -0.39 is 0 Å². The standard InChI is InChI=1S/C8H10I2N2O/c9-5-1-4(7(12)3-11)2-6(10)8(5)13/h1-2,7,13H,3,11-12H2. The summed E-state index contributed by atoms with van der Waals surface area (Å²) in [6.07, 6.45) is 0. The molecule has 5 N–H and O–H groups in total. The van der Waals surface area contributed by atoms with Crippen LogP contribution in [0, 0.1) is 7.14 Å². The van der Waals surface area contributed by atoms with E-state index in [-0.39, 0.29) is 6.04 Å². The zero-order chi connectivity index (χ0) is 10.0. The fourth-order valence-electron chi connectivity index (χ4n) is 0.935. The third-order valence-electron chi connectivity index (χ3n) is 1.72. The van der Waals surface area contributed by atoms with Gasteiger partial charge in [-0.05, 0) is 62.9 Å². The Morgan fingerprint density at radius 2 is 1.77 bits per heavy atom. The Balaban J connectivity index is 3.13. The quantitative estimate of drug-likeness (QED) is 0.656. The number of phenolic OH excluding ortho intramolecular Hbond substituents is 1. The number of nitrogens with two attached hydrogens (primary N) is 2. The summed E-state index contributed by atoms with van der Waals surface area (Å²) in [4.78, 5) is 0. The lowest BCUT2D eigenvalue weighted by Crippen LogP contribution is -2.20. The third-order valence-corrected chi connectivity index (χ3v) is 3.37. The average Bonchev–Trinajstić information content (AvgIpc) is 2.12. The summed E-state index contributed by atoms with van der Waals surface area (Å²) in [5.74, 6) is 0.314. The monoisotopic (exact) mass is 404 g/mol. The summed E-state index contributed by atoms with van der Waals surface area (Å²) in [6, 6.07) is 3.56. The summed E-state index contributed by atoms with van der Waals surface area (Å²) in [7, 11) is 0. The van der Waals surface area contributed by atoms with Crippen LogP contribution in [0.1, 0.15) is 11.6 Å². The van der Waals surface area contributed by atoms with Gasteiger partial charge in [0.1, 0.15) is 5.75 Å². The molecular weight excluding hydrogens is 394 g/mol. The minimum atomic E-state index is -0.150. The first-order chi connectivity index (χ1) is 6.06. The van der Waals surface area contributed by atoms with Gasteiger partial charge in [0.2, 0.25) is 0 Å². The van der Waals surface area contributed by atoms with Crippen LogP contribution >= 0.6 is 45.2 Å². The smallest absolute Gasteiger partial charge is 0.142 e. The normalized spacial score (nSPS) is 12.9. The van der Waals surface area contributed by atoms with Crippen molar-refractivity contribution in [3.8, 4) is 5.75 Å². The van der Waals surface area contributed by atoms with E-state index in [2.05, 4.69) is 45.2 Å². The molecule has 0 amide bonds.